The Labute approximate surface area is 141 Å². The van der Waals surface area contributed by atoms with Crippen LogP contribution in [0.25, 0.3) is 11.2 Å². The highest BCUT2D eigenvalue weighted by Crippen LogP contribution is 2.39. The first-order valence-corrected chi connectivity index (χ1v) is 9.70. The lowest BCUT2D eigenvalue weighted by atomic mass is 9.83. The molecule has 0 saturated heterocycles. The average Bonchev–Trinajstić information content (AvgIpc) is 2.50. The molecule has 2 nitrogen and oxygen atoms in total. The molecule has 2 rings (SSSR count). The van der Waals surface area contributed by atoms with Crippen molar-refractivity contribution in [1.82, 2.24) is 0 Å². The number of aryl methyl sites for hydroxylation is 1. The topological polar surface area (TPSA) is 26.3 Å². The van der Waals surface area contributed by atoms with Crippen molar-refractivity contribution in [1.29, 1.82) is 0 Å². The van der Waals surface area contributed by atoms with Gasteiger partial charge in [-0.2, -0.15) is 0 Å². The summed E-state index contributed by atoms with van der Waals surface area (Å²) < 4.78 is 10.9. The van der Waals surface area contributed by atoms with E-state index in [4.69, 9.17) is 9.15 Å². The first-order valence-electron chi connectivity index (χ1n) is 9.70. The zero-order valence-corrected chi connectivity index (χ0v) is 15.8. The number of rotatable bonds is 10. The summed E-state index contributed by atoms with van der Waals surface area (Å²) in [6, 6.07) is 0. The van der Waals surface area contributed by atoms with Crippen LogP contribution in [0.5, 0.6) is 0 Å². The highest BCUT2D eigenvalue weighted by Gasteiger charge is 2.26. The Balaban J connectivity index is 2.58. The van der Waals surface area contributed by atoms with Gasteiger partial charge in [0.25, 0.3) is 0 Å². The van der Waals surface area contributed by atoms with Crippen LogP contribution in [-0.2, 0) is 19.3 Å². The maximum atomic E-state index is 5.48. The molecule has 0 aliphatic carbocycles. The summed E-state index contributed by atoms with van der Waals surface area (Å²) in [5.41, 5.74) is 8.09. The molecule has 2 aromatic rings. The minimum atomic E-state index is 0.486. The summed E-state index contributed by atoms with van der Waals surface area (Å²) in [6.07, 6.45) is 10.9. The lowest BCUT2D eigenvalue weighted by molar-refractivity contribution is 0.0567. The maximum absolute atomic E-state index is 5.48. The summed E-state index contributed by atoms with van der Waals surface area (Å²) >= 11 is 0. The molecule has 130 valence electrons. The van der Waals surface area contributed by atoms with Gasteiger partial charge in [-0.1, -0.05) is 53.9 Å². The van der Waals surface area contributed by atoms with Crippen LogP contribution in [0.4, 0.5) is 0 Å². The van der Waals surface area contributed by atoms with E-state index in [-0.39, 0.29) is 0 Å². The number of benzene rings is 1. The molecule has 0 fully saturated rings. The predicted octanol–water partition coefficient (Wildman–Crippen LogP) is 7.18. The van der Waals surface area contributed by atoms with Gasteiger partial charge in [-0.05, 0) is 55.6 Å². The van der Waals surface area contributed by atoms with E-state index in [2.05, 4.69) is 34.6 Å². The van der Waals surface area contributed by atoms with Crippen LogP contribution >= 0.6 is 0 Å². The van der Waals surface area contributed by atoms with Crippen LogP contribution in [0.1, 0.15) is 101 Å². The van der Waals surface area contributed by atoms with Gasteiger partial charge in [0.15, 0.2) is 0 Å². The Bertz CT molecular complexity index is 601. The minimum absolute atomic E-state index is 0.486. The van der Waals surface area contributed by atoms with Crippen LogP contribution < -0.4 is 0 Å². The third kappa shape index (κ3) is 3.84. The van der Waals surface area contributed by atoms with Crippen LogP contribution in [0.3, 0.4) is 0 Å². The third-order valence-corrected chi connectivity index (χ3v) is 4.91. The van der Waals surface area contributed by atoms with E-state index >= 15 is 0 Å². The lowest BCUT2D eigenvalue weighted by Gasteiger charge is -2.23. The van der Waals surface area contributed by atoms with Crippen molar-refractivity contribution in [3.8, 4) is 0 Å². The normalized spacial score (nSPS) is 11.9. The molecular formula is C21H34O2. The summed E-state index contributed by atoms with van der Waals surface area (Å²) in [7, 11) is 0. The zero-order valence-electron chi connectivity index (χ0n) is 15.8. The standard InChI is InChI=1S/C21H34O2/c1-6-9-12-16-17(13-10-7-2)19(15(4)5)21-20(22-23-21)18(16)14-11-8-3/h15H,6-14H2,1-5H3. The molecule has 0 radical (unpaired) electrons. The van der Waals surface area contributed by atoms with Crippen molar-refractivity contribution in [3.63, 3.8) is 0 Å². The summed E-state index contributed by atoms with van der Waals surface area (Å²) in [6.45, 7) is 11.4. The Morgan fingerprint density at radius 2 is 1.13 bits per heavy atom. The van der Waals surface area contributed by atoms with Gasteiger partial charge in [0.05, 0.1) is 0 Å². The molecule has 0 unspecified atom stereocenters. The molecule has 0 bridgehead atoms. The minimum Gasteiger partial charge on any atom is -0.285 e. The molecular weight excluding hydrogens is 284 g/mol. The first kappa shape index (κ1) is 18.2. The van der Waals surface area contributed by atoms with Crippen molar-refractivity contribution in [2.24, 2.45) is 0 Å². The highest BCUT2D eigenvalue weighted by molar-refractivity contribution is 5.82. The van der Waals surface area contributed by atoms with E-state index in [9.17, 15) is 0 Å². The predicted molar refractivity (Wildman–Crippen MR) is 98.4 cm³/mol. The number of fused-ring (bicyclic) bond motifs is 1. The van der Waals surface area contributed by atoms with Crippen LogP contribution in [0.2, 0.25) is 0 Å². The molecule has 0 spiro atoms. The van der Waals surface area contributed by atoms with Gasteiger partial charge in [-0.3, -0.25) is 9.15 Å². The molecule has 0 saturated carbocycles. The maximum Gasteiger partial charge on any atom is 0.229 e. The van der Waals surface area contributed by atoms with Crippen LogP contribution in [-0.4, -0.2) is 0 Å². The van der Waals surface area contributed by atoms with Crippen molar-refractivity contribution in [3.05, 3.63) is 22.3 Å². The van der Waals surface area contributed by atoms with Gasteiger partial charge < -0.3 is 0 Å². The molecule has 0 amide bonds. The molecule has 2 heteroatoms. The van der Waals surface area contributed by atoms with E-state index < -0.39 is 0 Å². The quantitative estimate of drug-likeness (QED) is 0.434. The lowest BCUT2D eigenvalue weighted by Crippen LogP contribution is -2.10. The third-order valence-electron chi connectivity index (χ3n) is 4.91. The van der Waals surface area contributed by atoms with E-state index in [1.165, 1.54) is 62.5 Å². The van der Waals surface area contributed by atoms with Crippen molar-refractivity contribution >= 4 is 11.2 Å². The fraction of sp³-hybridized carbons (Fsp3) is 0.714. The van der Waals surface area contributed by atoms with Gasteiger partial charge in [0, 0.05) is 11.1 Å². The summed E-state index contributed by atoms with van der Waals surface area (Å²) in [4.78, 5) is 0. The van der Waals surface area contributed by atoms with Crippen molar-refractivity contribution in [2.45, 2.75) is 98.3 Å². The molecule has 1 aromatic carbocycles. The average molecular weight is 319 g/mol. The van der Waals surface area contributed by atoms with Gasteiger partial charge in [0.2, 0.25) is 11.2 Å². The highest BCUT2D eigenvalue weighted by atomic mass is 17.0. The Morgan fingerprint density at radius 1 is 0.652 bits per heavy atom. The molecule has 1 aromatic heterocycles. The van der Waals surface area contributed by atoms with Gasteiger partial charge in [-0.25, -0.2) is 0 Å². The van der Waals surface area contributed by atoms with Gasteiger partial charge >= 0.3 is 0 Å². The zero-order chi connectivity index (χ0) is 16.8. The number of hydrogen-bond acceptors (Lipinski definition) is 2. The number of hydrogen-bond donors (Lipinski definition) is 0. The Hall–Kier alpha value is -1.18. The molecule has 23 heavy (non-hydrogen) atoms. The second-order valence-corrected chi connectivity index (χ2v) is 7.14. The molecule has 0 atom stereocenters. The fourth-order valence-corrected chi connectivity index (χ4v) is 3.62. The van der Waals surface area contributed by atoms with Crippen LogP contribution in [0, 0.1) is 0 Å². The Morgan fingerprint density at radius 3 is 1.57 bits per heavy atom. The summed E-state index contributed by atoms with van der Waals surface area (Å²) in [5.74, 6) is 0.486. The molecule has 0 N–H and O–H groups in total. The first-order chi connectivity index (χ1) is 11.2. The second-order valence-electron chi connectivity index (χ2n) is 7.14. The fourth-order valence-electron chi connectivity index (χ4n) is 3.62. The van der Waals surface area contributed by atoms with Crippen molar-refractivity contribution < 1.29 is 9.15 Å². The molecule has 0 aliphatic heterocycles. The van der Waals surface area contributed by atoms with Crippen LogP contribution in [0.15, 0.2) is 9.15 Å². The van der Waals surface area contributed by atoms with E-state index in [1.54, 1.807) is 11.1 Å². The smallest absolute Gasteiger partial charge is 0.229 e. The van der Waals surface area contributed by atoms with Crippen molar-refractivity contribution in [2.75, 3.05) is 0 Å². The van der Waals surface area contributed by atoms with E-state index in [0.717, 1.165) is 17.6 Å². The number of unbranched alkanes of at least 4 members (excludes halogenated alkanes) is 3. The van der Waals surface area contributed by atoms with E-state index in [0.29, 0.717) is 5.92 Å². The largest absolute Gasteiger partial charge is 0.285 e. The van der Waals surface area contributed by atoms with Gasteiger partial charge in [-0.15, -0.1) is 0 Å². The molecule has 0 aliphatic rings. The Kier molecular flexibility index (Phi) is 6.80. The second kappa shape index (κ2) is 8.61. The van der Waals surface area contributed by atoms with Gasteiger partial charge in [0.1, 0.15) is 0 Å². The van der Waals surface area contributed by atoms with E-state index in [1.807, 2.05) is 0 Å². The molecule has 1 heterocycles. The summed E-state index contributed by atoms with van der Waals surface area (Å²) in [5, 5.41) is 0. The monoisotopic (exact) mass is 318 g/mol. The SMILES string of the molecule is CCCCc1c(CCCC)c(C(C)C)c2ooc2c1CCCC.